The van der Waals surface area contributed by atoms with Crippen LogP contribution >= 0.6 is 0 Å². The first-order valence-electron chi connectivity index (χ1n) is 9.15. The molecule has 0 aliphatic rings. The number of carbonyl (C=O) groups excluding carboxylic acids is 1. The van der Waals surface area contributed by atoms with E-state index in [0.29, 0.717) is 17.7 Å². The van der Waals surface area contributed by atoms with Crippen LogP contribution in [0.2, 0.25) is 0 Å². The Kier molecular flexibility index (Phi) is 6.29. The predicted molar refractivity (Wildman–Crippen MR) is 113 cm³/mol. The fourth-order valence-electron chi connectivity index (χ4n) is 2.91. The number of benzene rings is 3. The smallest absolute Gasteiger partial charge is 0.307 e. The standard InChI is InChI=1S/C22H21FN2O3S/c1-2-14-29(27,28)17-12-13-18(16-8-4-3-5-9-16)21(15-17)25-22(26)24-20-11-7-6-10-19(20)23/h3-13,15H,2,14H2,1H3,(H2,24,25,26). The molecule has 7 heteroatoms. The largest absolute Gasteiger partial charge is 0.323 e. The van der Waals surface area contributed by atoms with Gasteiger partial charge in [-0.15, -0.1) is 0 Å². The molecule has 0 unspecified atom stereocenters. The first-order valence-corrected chi connectivity index (χ1v) is 10.8. The number of urea groups is 1. The minimum atomic E-state index is -3.46. The van der Waals surface area contributed by atoms with E-state index in [4.69, 9.17) is 0 Å². The number of halogens is 1. The van der Waals surface area contributed by atoms with E-state index in [1.807, 2.05) is 30.3 Å². The number of carbonyl (C=O) groups is 1. The Morgan fingerprint density at radius 2 is 1.55 bits per heavy atom. The van der Waals surface area contributed by atoms with Gasteiger partial charge in [-0.25, -0.2) is 17.6 Å². The van der Waals surface area contributed by atoms with Gasteiger partial charge in [-0.1, -0.05) is 55.5 Å². The second-order valence-corrected chi connectivity index (χ2v) is 8.56. The third-order valence-electron chi connectivity index (χ3n) is 4.28. The highest BCUT2D eigenvalue weighted by Crippen LogP contribution is 2.31. The van der Waals surface area contributed by atoms with E-state index in [-0.39, 0.29) is 16.3 Å². The molecule has 0 aliphatic heterocycles. The first-order chi connectivity index (χ1) is 13.9. The third kappa shape index (κ3) is 5.00. The van der Waals surface area contributed by atoms with Crippen molar-refractivity contribution in [2.24, 2.45) is 0 Å². The number of hydrogen-bond donors (Lipinski definition) is 2. The minimum absolute atomic E-state index is 0.0124. The molecule has 0 aliphatic carbocycles. The summed E-state index contributed by atoms with van der Waals surface area (Å²) in [5.41, 5.74) is 1.82. The number of hydrogen-bond acceptors (Lipinski definition) is 3. The van der Waals surface area contributed by atoms with Gasteiger partial charge in [0.15, 0.2) is 9.84 Å². The Bertz CT molecular complexity index is 1120. The lowest BCUT2D eigenvalue weighted by atomic mass is 10.0. The molecule has 0 fully saturated rings. The Labute approximate surface area is 169 Å². The van der Waals surface area contributed by atoms with Crippen molar-refractivity contribution in [1.82, 2.24) is 0 Å². The summed E-state index contributed by atoms with van der Waals surface area (Å²) in [6.07, 6.45) is 0.485. The van der Waals surface area contributed by atoms with E-state index in [1.165, 1.54) is 30.3 Å². The summed E-state index contributed by atoms with van der Waals surface area (Å²) in [7, 11) is -3.46. The van der Waals surface area contributed by atoms with Gasteiger partial charge in [0.05, 0.1) is 22.0 Å². The number of rotatable bonds is 6. The van der Waals surface area contributed by atoms with Gasteiger partial charge in [0, 0.05) is 5.56 Å². The van der Waals surface area contributed by atoms with Crippen LogP contribution < -0.4 is 10.6 Å². The molecule has 29 heavy (non-hydrogen) atoms. The van der Waals surface area contributed by atoms with Crippen LogP contribution in [-0.2, 0) is 9.84 Å². The van der Waals surface area contributed by atoms with Crippen LogP contribution in [0.3, 0.4) is 0 Å². The maximum atomic E-state index is 13.8. The molecule has 2 amide bonds. The van der Waals surface area contributed by atoms with Gasteiger partial charge in [-0.2, -0.15) is 0 Å². The summed E-state index contributed by atoms with van der Waals surface area (Å²) in [5.74, 6) is -0.552. The van der Waals surface area contributed by atoms with E-state index in [2.05, 4.69) is 10.6 Å². The summed E-state index contributed by atoms with van der Waals surface area (Å²) >= 11 is 0. The molecular formula is C22H21FN2O3S. The van der Waals surface area contributed by atoms with Gasteiger partial charge < -0.3 is 10.6 Å². The summed E-state index contributed by atoms with van der Waals surface area (Å²) in [4.78, 5) is 12.6. The molecule has 3 aromatic rings. The average Bonchev–Trinajstić information content (AvgIpc) is 2.70. The lowest BCUT2D eigenvalue weighted by molar-refractivity contribution is 0.262. The van der Waals surface area contributed by atoms with Crippen LogP contribution in [0.25, 0.3) is 11.1 Å². The van der Waals surface area contributed by atoms with Gasteiger partial charge in [-0.3, -0.25) is 0 Å². The van der Waals surface area contributed by atoms with Crippen molar-refractivity contribution < 1.29 is 17.6 Å². The zero-order valence-corrected chi connectivity index (χ0v) is 16.7. The molecule has 5 nitrogen and oxygen atoms in total. The van der Waals surface area contributed by atoms with Crippen LogP contribution in [0.15, 0.2) is 77.7 Å². The van der Waals surface area contributed by atoms with Gasteiger partial charge in [0.1, 0.15) is 5.82 Å². The van der Waals surface area contributed by atoms with Crippen molar-refractivity contribution in [2.75, 3.05) is 16.4 Å². The quantitative estimate of drug-likeness (QED) is 0.575. The summed E-state index contributed by atoms with van der Waals surface area (Å²) < 4.78 is 38.8. The van der Waals surface area contributed by atoms with Gasteiger partial charge >= 0.3 is 6.03 Å². The first kappa shape index (κ1) is 20.5. The number of para-hydroxylation sites is 1. The predicted octanol–water partition coefficient (Wildman–Crippen LogP) is 5.32. The fraction of sp³-hybridized carbons (Fsp3) is 0.136. The lowest BCUT2D eigenvalue weighted by Gasteiger charge is -2.14. The number of nitrogens with one attached hydrogen (secondary N) is 2. The molecule has 3 aromatic carbocycles. The Morgan fingerprint density at radius 1 is 0.897 bits per heavy atom. The highest BCUT2D eigenvalue weighted by atomic mass is 32.2. The summed E-state index contributed by atoms with van der Waals surface area (Å²) in [5, 5.41) is 5.10. The lowest BCUT2D eigenvalue weighted by Crippen LogP contribution is -2.21. The average molecular weight is 412 g/mol. The molecule has 0 radical (unpaired) electrons. The monoisotopic (exact) mass is 412 g/mol. The molecule has 0 saturated heterocycles. The SMILES string of the molecule is CCCS(=O)(=O)c1ccc(-c2ccccc2)c(NC(=O)Nc2ccccc2F)c1. The van der Waals surface area contributed by atoms with Gasteiger partial charge in [0.2, 0.25) is 0 Å². The Hall–Kier alpha value is -3.19. The second kappa shape index (κ2) is 8.87. The fourth-order valence-corrected chi connectivity index (χ4v) is 4.26. The van der Waals surface area contributed by atoms with Gasteiger partial charge in [0.25, 0.3) is 0 Å². The van der Waals surface area contributed by atoms with Crippen molar-refractivity contribution >= 4 is 27.2 Å². The van der Waals surface area contributed by atoms with Crippen molar-refractivity contribution in [2.45, 2.75) is 18.2 Å². The Morgan fingerprint density at radius 3 is 2.24 bits per heavy atom. The van der Waals surface area contributed by atoms with Crippen molar-refractivity contribution in [3.63, 3.8) is 0 Å². The molecule has 3 rings (SSSR count). The number of anilines is 2. The highest BCUT2D eigenvalue weighted by molar-refractivity contribution is 7.91. The van der Waals surface area contributed by atoms with Crippen LogP contribution in [0.5, 0.6) is 0 Å². The van der Waals surface area contributed by atoms with E-state index in [9.17, 15) is 17.6 Å². The minimum Gasteiger partial charge on any atom is -0.307 e. The van der Waals surface area contributed by atoms with Crippen LogP contribution in [0.1, 0.15) is 13.3 Å². The van der Waals surface area contributed by atoms with Crippen LogP contribution in [-0.4, -0.2) is 20.2 Å². The number of amides is 2. The van der Waals surface area contributed by atoms with E-state index in [0.717, 1.165) is 5.56 Å². The molecule has 0 atom stereocenters. The summed E-state index contributed by atoms with van der Waals surface area (Å²) in [6.45, 7) is 1.79. The molecule has 150 valence electrons. The molecule has 0 bridgehead atoms. The van der Waals surface area contributed by atoms with Crippen molar-refractivity contribution in [3.8, 4) is 11.1 Å². The van der Waals surface area contributed by atoms with Crippen molar-refractivity contribution in [1.29, 1.82) is 0 Å². The van der Waals surface area contributed by atoms with E-state index in [1.54, 1.807) is 19.1 Å². The maximum Gasteiger partial charge on any atom is 0.323 e. The van der Waals surface area contributed by atoms with Crippen molar-refractivity contribution in [3.05, 3.63) is 78.6 Å². The maximum absolute atomic E-state index is 13.8. The molecule has 2 N–H and O–H groups in total. The third-order valence-corrected chi connectivity index (χ3v) is 6.20. The highest BCUT2D eigenvalue weighted by Gasteiger charge is 2.17. The molecule has 0 saturated carbocycles. The number of sulfone groups is 1. The second-order valence-electron chi connectivity index (χ2n) is 6.45. The Balaban J connectivity index is 1.97. The molecular weight excluding hydrogens is 391 g/mol. The van der Waals surface area contributed by atoms with Crippen LogP contribution in [0, 0.1) is 5.82 Å². The van der Waals surface area contributed by atoms with Crippen LogP contribution in [0.4, 0.5) is 20.6 Å². The van der Waals surface area contributed by atoms with E-state index < -0.39 is 21.7 Å². The topological polar surface area (TPSA) is 75.3 Å². The molecule has 0 spiro atoms. The van der Waals surface area contributed by atoms with Gasteiger partial charge in [-0.05, 0) is 36.2 Å². The summed E-state index contributed by atoms with van der Waals surface area (Å²) in [6, 6.07) is 19.0. The normalized spacial score (nSPS) is 11.1. The molecule has 0 heterocycles. The zero-order valence-electron chi connectivity index (χ0n) is 15.9. The molecule has 0 aromatic heterocycles. The zero-order chi connectivity index (χ0) is 20.9. The van der Waals surface area contributed by atoms with E-state index >= 15 is 0 Å².